The van der Waals surface area contributed by atoms with Crippen LogP contribution in [0.15, 0.2) is 30.6 Å². The summed E-state index contributed by atoms with van der Waals surface area (Å²) in [6.07, 6.45) is 6.39. The minimum atomic E-state index is -0.668. The summed E-state index contributed by atoms with van der Waals surface area (Å²) >= 11 is 0. The molecule has 2 heterocycles. The molecule has 0 aliphatic carbocycles. The van der Waals surface area contributed by atoms with E-state index in [9.17, 15) is 13.6 Å². The number of aromatic nitrogens is 2. The third-order valence-electron chi connectivity index (χ3n) is 5.28. The third kappa shape index (κ3) is 4.95. The molecule has 1 aromatic heterocycles. The Morgan fingerprint density at radius 2 is 2.04 bits per heavy atom. The monoisotopic (exact) mass is 390 g/mol. The van der Waals surface area contributed by atoms with Crippen LogP contribution in [-0.4, -0.2) is 59.0 Å². The van der Waals surface area contributed by atoms with Gasteiger partial charge in [-0.1, -0.05) is 6.07 Å². The van der Waals surface area contributed by atoms with Crippen molar-refractivity contribution in [3.63, 3.8) is 0 Å². The number of carbonyl (C=O) groups is 1. The molecule has 1 saturated heterocycles. The molecular formula is C21H28F2N4O. The predicted molar refractivity (Wildman–Crippen MR) is 104 cm³/mol. The van der Waals surface area contributed by atoms with Crippen molar-refractivity contribution in [3.05, 3.63) is 53.6 Å². The lowest BCUT2D eigenvalue weighted by Crippen LogP contribution is -2.40. The van der Waals surface area contributed by atoms with Crippen LogP contribution in [0.4, 0.5) is 8.78 Å². The van der Waals surface area contributed by atoms with Crippen LogP contribution in [-0.2, 0) is 17.8 Å². The van der Waals surface area contributed by atoms with Crippen LogP contribution in [0.1, 0.15) is 36.6 Å². The van der Waals surface area contributed by atoms with Gasteiger partial charge in [0.2, 0.25) is 5.91 Å². The summed E-state index contributed by atoms with van der Waals surface area (Å²) in [5.74, 6) is -0.429. The smallest absolute Gasteiger partial charge is 0.227 e. The molecule has 3 rings (SSSR count). The van der Waals surface area contributed by atoms with Crippen molar-refractivity contribution in [2.45, 2.75) is 38.1 Å². The van der Waals surface area contributed by atoms with Gasteiger partial charge in [-0.3, -0.25) is 4.79 Å². The van der Waals surface area contributed by atoms with Crippen molar-refractivity contribution in [1.29, 1.82) is 0 Å². The van der Waals surface area contributed by atoms with E-state index in [0.29, 0.717) is 13.1 Å². The van der Waals surface area contributed by atoms with E-state index in [1.807, 2.05) is 6.20 Å². The Morgan fingerprint density at radius 1 is 1.29 bits per heavy atom. The lowest BCUT2D eigenvalue weighted by molar-refractivity contribution is -0.131. The van der Waals surface area contributed by atoms with Crippen LogP contribution in [0.5, 0.6) is 0 Å². The summed E-state index contributed by atoms with van der Waals surface area (Å²) in [6.45, 7) is 3.05. The maximum Gasteiger partial charge on any atom is 0.227 e. The maximum atomic E-state index is 13.9. The topological polar surface area (TPSA) is 41.4 Å². The zero-order valence-electron chi connectivity index (χ0n) is 16.6. The van der Waals surface area contributed by atoms with Crippen LogP contribution < -0.4 is 0 Å². The molecule has 1 aliphatic rings. The predicted octanol–water partition coefficient (Wildman–Crippen LogP) is 3.06. The lowest BCUT2D eigenvalue weighted by Gasteiger charge is -2.33. The fraction of sp³-hybridized carbons (Fsp3) is 0.524. The number of aryl methyl sites for hydroxylation is 1. The van der Waals surface area contributed by atoms with Crippen molar-refractivity contribution in [3.8, 4) is 0 Å². The van der Waals surface area contributed by atoms with Crippen molar-refractivity contribution < 1.29 is 13.6 Å². The number of carbonyl (C=O) groups excluding carboxylic acids is 1. The van der Waals surface area contributed by atoms with E-state index in [2.05, 4.69) is 28.5 Å². The van der Waals surface area contributed by atoms with E-state index in [0.717, 1.165) is 38.2 Å². The standard InChI is InChI=1S/C21H28F2N4O/c1-25(2)10-5-12-26-13-9-24-21(26)16-6-4-11-27(15-16)20(28)14-17-18(22)7-3-8-19(17)23/h3,7-9,13,16H,4-6,10-12,14-15H2,1-2H3/t16-/m0/s1. The number of piperidine rings is 1. The second-order valence-corrected chi connectivity index (χ2v) is 7.69. The van der Waals surface area contributed by atoms with Gasteiger partial charge in [0, 0.05) is 43.5 Å². The summed E-state index contributed by atoms with van der Waals surface area (Å²) in [5.41, 5.74) is -0.153. The molecule has 0 N–H and O–H groups in total. The molecular weight excluding hydrogens is 362 g/mol. The first-order chi connectivity index (χ1) is 13.5. The quantitative estimate of drug-likeness (QED) is 0.730. The second-order valence-electron chi connectivity index (χ2n) is 7.69. The largest absolute Gasteiger partial charge is 0.342 e. The molecule has 1 aromatic carbocycles. The summed E-state index contributed by atoms with van der Waals surface area (Å²) in [6, 6.07) is 3.69. The van der Waals surface area contributed by atoms with E-state index < -0.39 is 11.6 Å². The first-order valence-corrected chi connectivity index (χ1v) is 9.82. The number of likely N-dealkylation sites (tertiary alicyclic amines) is 1. The molecule has 2 aromatic rings. The van der Waals surface area contributed by atoms with E-state index in [1.54, 1.807) is 11.1 Å². The molecule has 5 nitrogen and oxygen atoms in total. The van der Waals surface area contributed by atoms with Crippen LogP contribution in [0.3, 0.4) is 0 Å². The summed E-state index contributed by atoms with van der Waals surface area (Å²) in [7, 11) is 4.11. The van der Waals surface area contributed by atoms with Crippen LogP contribution >= 0.6 is 0 Å². The molecule has 7 heteroatoms. The van der Waals surface area contributed by atoms with Gasteiger partial charge in [0.1, 0.15) is 17.5 Å². The molecule has 0 radical (unpaired) electrons. The molecule has 1 fully saturated rings. The fourth-order valence-electron chi connectivity index (χ4n) is 3.81. The molecule has 1 atom stereocenters. The average molecular weight is 390 g/mol. The highest BCUT2D eigenvalue weighted by Crippen LogP contribution is 2.27. The fourth-order valence-corrected chi connectivity index (χ4v) is 3.81. The summed E-state index contributed by atoms with van der Waals surface area (Å²) in [5, 5.41) is 0. The number of benzene rings is 1. The minimum absolute atomic E-state index is 0.150. The SMILES string of the molecule is CN(C)CCCn1ccnc1[C@H]1CCCN(C(=O)Cc2c(F)cccc2F)C1. The minimum Gasteiger partial charge on any atom is -0.342 e. The Balaban J connectivity index is 1.64. The molecule has 152 valence electrons. The summed E-state index contributed by atoms with van der Waals surface area (Å²) in [4.78, 5) is 21.1. The van der Waals surface area contributed by atoms with Crippen LogP contribution in [0, 0.1) is 11.6 Å². The lowest BCUT2D eigenvalue weighted by atomic mass is 9.96. The Hall–Kier alpha value is -2.28. The van der Waals surface area contributed by atoms with Gasteiger partial charge in [0.05, 0.1) is 6.42 Å². The third-order valence-corrected chi connectivity index (χ3v) is 5.28. The Bertz CT molecular complexity index is 785. The molecule has 0 unspecified atom stereocenters. The van der Waals surface area contributed by atoms with Gasteiger partial charge >= 0.3 is 0 Å². The van der Waals surface area contributed by atoms with Gasteiger partial charge in [0.25, 0.3) is 0 Å². The normalized spacial score (nSPS) is 17.3. The highest BCUT2D eigenvalue weighted by molar-refractivity contribution is 5.79. The van der Waals surface area contributed by atoms with Crippen molar-refractivity contribution in [2.24, 2.45) is 0 Å². The van der Waals surface area contributed by atoms with Gasteiger partial charge < -0.3 is 14.4 Å². The van der Waals surface area contributed by atoms with Gasteiger partial charge in [-0.2, -0.15) is 0 Å². The van der Waals surface area contributed by atoms with E-state index >= 15 is 0 Å². The Kier molecular flexibility index (Phi) is 6.78. The van der Waals surface area contributed by atoms with Crippen molar-refractivity contribution in [2.75, 3.05) is 33.7 Å². The average Bonchev–Trinajstić information content (AvgIpc) is 3.13. The summed E-state index contributed by atoms with van der Waals surface area (Å²) < 4.78 is 29.9. The molecule has 0 saturated carbocycles. The molecule has 0 spiro atoms. The van der Waals surface area contributed by atoms with Gasteiger partial charge in [-0.25, -0.2) is 13.8 Å². The van der Waals surface area contributed by atoms with Crippen molar-refractivity contribution >= 4 is 5.91 Å². The Morgan fingerprint density at radius 3 is 2.75 bits per heavy atom. The highest BCUT2D eigenvalue weighted by Gasteiger charge is 2.28. The molecule has 1 aliphatic heterocycles. The second kappa shape index (κ2) is 9.28. The zero-order valence-corrected chi connectivity index (χ0v) is 16.6. The first kappa shape index (κ1) is 20.5. The van der Waals surface area contributed by atoms with Crippen molar-refractivity contribution in [1.82, 2.24) is 19.4 Å². The van der Waals surface area contributed by atoms with Crippen LogP contribution in [0.25, 0.3) is 0 Å². The number of halogens is 2. The van der Waals surface area contributed by atoms with Gasteiger partial charge in [-0.15, -0.1) is 0 Å². The first-order valence-electron chi connectivity index (χ1n) is 9.82. The van der Waals surface area contributed by atoms with Gasteiger partial charge in [-0.05, 0) is 52.0 Å². The molecule has 0 bridgehead atoms. The Labute approximate surface area is 165 Å². The number of hydrogen-bond donors (Lipinski definition) is 0. The van der Waals surface area contributed by atoms with E-state index in [-0.39, 0.29) is 23.8 Å². The van der Waals surface area contributed by atoms with E-state index in [1.165, 1.54) is 18.2 Å². The highest BCUT2D eigenvalue weighted by atomic mass is 19.1. The number of rotatable bonds is 7. The zero-order chi connectivity index (χ0) is 20.1. The molecule has 28 heavy (non-hydrogen) atoms. The van der Waals surface area contributed by atoms with E-state index in [4.69, 9.17) is 0 Å². The number of imidazole rings is 1. The maximum absolute atomic E-state index is 13.9. The van der Waals surface area contributed by atoms with Gasteiger partial charge in [0.15, 0.2) is 0 Å². The van der Waals surface area contributed by atoms with Crippen LogP contribution in [0.2, 0.25) is 0 Å². The number of hydrogen-bond acceptors (Lipinski definition) is 3. The molecule has 1 amide bonds. The number of nitrogens with zero attached hydrogens (tertiary/aromatic N) is 4. The number of amides is 1.